The van der Waals surface area contributed by atoms with E-state index in [1.165, 1.54) is 0 Å². The maximum absolute atomic E-state index is 10.0. The van der Waals surface area contributed by atoms with Crippen molar-refractivity contribution in [1.82, 2.24) is 34.6 Å². The Kier molecular flexibility index (Phi) is 6.50. The number of nitrogens with one attached hydrogen (secondary N) is 1. The molecule has 1 fully saturated rings. The van der Waals surface area contributed by atoms with Gasteiger partial charge in [0.25, 0.3) is 0 Å². The molecule has 0 bridgehead atoms. The van der Waals surface area contributed by atoms with E-state index in [1.807, 2.05) is 40.8 Å². The normalized spacial score (nSPS) is 19.4. The molecule has 2 N–H and O–H groups in total. The van der Waals surface area contributed by atoms with E-state index in [0.29, 0.717) is 25.0 Å². The van der Waals surface area contributed by atoms with Gasteiger partial charge in [0.2, 0.25) is 5.95 Å². The zero-order chi connectivity index (χ0) is 23.5. The third-order valence-corrected chi connectivity index (χ3v) is 6.39. The third-order valence-electron chi connectivity index (χ3n) is 6.39. The fraction of sp³-hybridized carbons (Fsp3) is 0.458. The Labute approximate surface area is 198 Å². The molecule has 0 aliphatic heterocycles. The van der Waals surface area contributed by atoms with Crippen LogP contribution in [-0.2, 0) is 11.3 Å². The molecule has 1 saturated carbocycles. The van der Waals surface area contributed by atoms with Crippen LogP contribution in [0.15, 0.2) is 43.1 Å². The van der Waals surface area contributed by atoms with Crippen LogP contribution in [0.4, 0.5) is 5.95 Å². The second-order valence-corrected chi connectivity index (χ2v) is 9.05. The summed E-state index contributed by atoms with van der Waals surface area (Å²) in [6.45, 7) is 3.22. The SMILES string of the molecule is COC[C@H](C)Nc1ncc2c(-c3cnn(Cc4ccnnc4)c3)cc([C@H]3CC[C@H](O)CC3)n2n1. The van der Waals surface area contributed by atoms with Crippen molar-refractivity contribution in [3.63, 3.8) is 0 Å². The molecule has 1 aliphatic carbocycles. The Balaban J connectivity index is 1.50. The van der Waals surface area contributed by atoms with E-state index in [4.69, 9.17) is 9.84 Å². The lowest BCUT2D eigenvalue weighted by Gasteiger charge is -2.25. The molecular weight excluding hydrogens is 432 g/mol. The first-order chi connectivity index (χ1) is 16.6. The molecule has 34 heavy (non-hydrogen) atoms. The highest BCUT2D eigenvalue weighted by Crippen LogP contribution is 2.37. The van der Waals surface area contributed by atoms with Crippen LogP contribution in [0, 0.1) is 0 Å². The summed E-state index contributed by atoms with van der Waals surface area (Å²) in [6, 6.07) is 4.24. The molecule has 5 rings (SSSR count). The molecule has 0 amide bonds. The van der Waals surface area contributed by atoms with Crippen molar-refractivity contribution >= 4 is 11.5 Å². The number of hydrogen-bond donors (Lipinski definition) is 2. The third kappa shape index (κ3) is 4.78. The summed E-state index contributed by atoms with van der Waals surface area (Å²) >= 11 is 0. The standard InChI is InChI=1S/C24H30N8O2/c1-16(15-34-2)29-24-25-12-23-21(9-22(32(23)30-24)18-3-5-20(33)6-4-18)19-11-28-31(14-19)13-17-7-8-26-27-10-17/h7-12,14,16,18,20,33H,3-6,13,15H2,1-2H3,(H,29,30)/t16-,18-,20-/m0/s1. The molecule has 4 aromatic heterocycles. The fourth-order valence-electron chi connectivity index (χ4n) is 4.67. The maximum atomic E-state index is 10.0. The lowest BCUT2D eigenvalue weighted by molar-refractivity contribution is 0.121. The molecule has 4 aromatic rings. The largest absolute Gasteiger partial charge is 0.393 e. The average Bonchev–Trinajstić information content (AvgIpc) is 3.45. The smallest absolute Gasteiger partial charge is 0.241 e. The molecule has 1 atom stereocenters. The van der Waals surface area contributed by atoms with E-state index >= 15 is 0 Å². The number of methoxy groups -OCH3 is 1. The fourth-order valence-corrected chi connectivity index (χ4v) is 4.67. The van der Waals surface area contributed by atoms with E-state index in [-0.39, 0.29) is 12.1 Å². The van der Waals surface area contributed by atoms with Crippen LogP contribution in [0.25, 0.3) is 16.6 Å². The topological polar surface area (TPSA) is 115 Å². The molecule has 0 aromatic carbocycles. The molecule has 0 spiro atoms. The summed E-state index contributed by atoms with van der Waals surface area (Å²) in [5, 5.41) is 30.5. The molecule has 178 valence electrons. The summed E-state index contributed by atoms with van der Waals surface area (Å²) in [4.78, 5) is 4.58. The van der Waals surface area contributed by atoms with Gasteiger partial charge in [-0.1, -0.05) is 0 Å². The summed E-state index contributed by atoms with van der Waals surface area (Å²) in [6.07, 6.45) is 12.5. The van der Waals surface area contributed by atoms with Gasteiger partial charge in [-0.25, -0.2) is 9.50 Å². The van der Waals surface area contributed by atoms with Crippen LogP contribution in [0.1, 0.15) is 49.8 Å². The number of aromatic nitrogens is 7. The van der Waals surface area contributed by atoms with E-state index in [1.54, 1.807) is 19.5 Å². The van der Waals surface area contributed by atoms with E-state index in [2.05, 4.69) is 31.7 Å². The molecule has 1 aliphatic rings. The van der Waals surface area contributed by atoms with Gasteiger partial charge in [-0.2, -0.15) is 15.3 Å². The molecule has 0 saturated heterocycles. The predicted molar refractivity (Wildman–Crippen MR) is 128 cm³/mol. The molecule has 0 unspecified atom stereocenters. The minimum Gasteiger partial charge on any atom is -0.393 e. The van der Waals surface area contributed by atoms with E-state index in [9.17, 15) is 5.11 Å². The van der Waals surface area contributed by atoms with Crippen LogP contribution in [-0.4, -0.2) is 65.5 Å². The van der Waals surface area contributed by atoms with Gasteiger partial charge in [0.1, 0.15) is 0 Å². The number of ether oxygens (including phenoxy) is 1. The Hall–Kier alpha value is -3.37. The Morgan fingerprint density at radius 3 is 2.79 bits per heavy atom. The van der Waals surface area contributed by atoms with Gasteiger partial charge < -0.3 is 15.2 Å². The zero-order valence-electron chi connectivity index (χ0n) is 19.5. The Morgan fingerprint density at radius 1 is 1.18 bits per heavy atom. The second-order valence-electron chi connectivity index (χ2n) is 9.05. The molecular formula is C24H30N8O2. The van der Waals surface area contributed by atoms with Gasteiger partial charge in [-0.05, 0) is 50.3 Å². The second kappa shape index (κ2) is 9.86. The minimum absolute atomic E-state index is 0.0895. The zero-order valence-corrected chi connectivity index (χ0v) is 19.5. The van der Waals surface area contributed by atoms with Gasteiger partial charge in [-0.15, -0.1) is 5.10 Å². The van der Waals surface area contributed by atoms with Crippen LogP contribution in [0.5, 0.6) is 0 Å². The maximum Gasteiger partial charge on any atom is 0.241 e. The molecule has 0 radical (unpaired) electrons. The quantitative estimate of drug-likeness (QED) is 0.411. The van der Waals surface area contributed by atoms with Crippen molar-refractivity contribution in [1.29, 1.82) is 0 Å². The number of fused-ring (bicyclic) bond motifs is 1. The number of nitrogens with zero attached hydrogens (tertiary/aromatic N) is 7. The lowest BCUT2D eigenvalue weighted by atomic mass is 9.85. The van der Waals surface area contributed by atoms with Crippen molar-refractivity contribution in [2.24, 2.45) is 0 Å². The summed E-state index contributed by atoms with van der Waals surface area (Å²) < 4.78 is 9.14. The summed E-state index contributed by atoms with van der Waals surface area (Å²) in [7, 11) is 1.68. The first-order valence-corrected chi connectivity index (χ1v) is 11.7. The Bertz CT molecular complexity index is 1230. The first-order valence-electron chi connectivity index (χ1n) is 11.7. The highest BCUT2D eigenvalue weighted by atomic mass is 16.5. The summed E-state index contributed by atoms with van der Waals surface area (Å²) in [5.41, 5.74) is 5.19. The van der Waals surface area contributed by atoms with Gasteiger partial charge in [-0.3, -0.25) is 4.68 Å². The van der Waals surface area contributed by atoms with Gasteiger partial charge in [0, 0.05) is 48.3 Å². The van der Waals surface area contributed by atoms with E-state index in [0.717, 1.165) is 53.6 Å². The van der Waals surface area contributed by atoms with Crippen LogP contribution >= 0.6 is 0 Å². The molecule has 10 nitrogen and oxygen atoms in total. The van der Waals surface area contributed by atoms with Crippen LogP contribution < -0.4 is 5.32 Å². The lowest BCUT2D eigenvalue weighted by Crippen LogP contribution is -2.23. The van der Waals surface area contributed by atoms with Crippen LogP contribution in [0.3, 0.4) is 0 Å². The Morgan fingerprint density at radius 2 is 2.03 bits per heavy atom. The van der Waals surface area contributed by atoms with Crippen molar-refractivity contribution in [3.05, 3.63) is 54.4 Å². The number of anilines is 1. The predicted octanol–water partition coefficient (Wildman–Crippen LogP) is 2.90. The van der Waals surface area contributed by atoms with Gasteiger partial charge >= 0.3 is 0 Å². The van der Waals surface area contributed by atoms with Crippen molar-refractivity contribution in [2.45, 2.75) is 57.2 Å². The van der Waals surface area contributed by atoms with Gasteiger partial charge in [0.05, 0.1) is 43.4 Å². The van der Waals surface area contributed by atoms with E-state index < -0.39 is 0 Å². The molecule has 10 heteroatoms. The van der Waals surface area contributed by atoms with Crippen molar-refractivity contribution in [3.8, 4) is 11.1 Å². The highest BCUT2D eigenvalue weighted by molar-refractivity contribution is 5.81. The van der Waals surface area contributed by atoms with Crippen LogP contribution in [0.2, 0.25) is 0 Å². The minimum atomic E-state index is -0.204. The number of rotatable bonds is 8. The summed E-state index contributed by atoms with van der Waals surface area (Å²) in [5.74, 6) is 0.902. The van der Waals surface area contributed by atoms with Crippen molar-refractivity contribution in [2.75, 3.05) is 19.0 Å². The van der Waals surface area contributed by atoms with Gasteiger partial charge in [0.15, 0.2) is 0 Å². The highest BCUT2D eigenvalue weighted by Gasteiger charge is 2.26. The number of aliphatic hydroxyl groups is 1. The number of hydrogen-bond acceptors (Lipinski definition) is 8. The average molecular weight is 463 g/mol. The monoisotopic (exact) mass is 462 g/mol. The van der Waals surface area contributed by atoms with Crippen molar-refractivity contribution < 1.29 is 9.84 Å². The molecule has 4 heterocycles. The number of aliphatic hydroxyl groups excluding tert-OH is 1. The first kappa shape index (κ1) is 22.4.